The van der Waals surface area contributed by atoms with Gasteiger partial charge in [0.25, 0.3) is 11.1 Å². The highest BCUT2D eigenvalue weighted by molar-refractivity contribution is 7.98. The average molecular weight is 447 g/mol. The predicted molar refractivity (Wildman–Crippen MR) is 126 cm³/mol. The van der Waals surface area contributed by atoms with Gasteiger partial charge < -0.3 is 0 Å². The molecule has 5 aromatic rings. The van der Waals surface area contributed by atoms with Gasteiger partial charge in [0.1, 0.15) is 5.82 Å². The molecule has 3 aromatic heterocycles. The molecule has 3 heterocycles. The van der Waals surface area contributed by atoms with Crippen molar-refractivity contribution in [2.45, 2.75) is 37.2 Å². The van der Waals surface area contributed by atoms with Crippen LogP contribution >= 0.6 is 11.8 Å². The largest absolute Gasteiger partial charge is 0.287 e. The quantitative estimate of drug-likeness (QED) is 0.294. The van der Waals surface area contributed by atoms with Gasteiger partial charge in [-0.3, -0.25) is 23.1 Å². The molecule has 0 spiro atoms. The fourth-order valence-electron chi connectivity index (χ4n) is 3.89. The van der Waals surface area contributed by atoms with Gasteiger partial charge in [0.2, 0.25) is 5.78 Å². The van der Waals surface area contributed by atoms with Gasteiger partial charge in [0.15, 0.2) is 5.16 Å². The van der Waals surface area contributed by atoms with E-state index in [1.807, 2.05) is 46.9 Å². The molecule has 9 heteroatoms. The maximum atomic E-state index is 13.1. The molecule has 8 nitrogen and oxygen atoms in total. The Kier molecular flexibility index (Phi) is 5.26. The zero-order valence-electron chi connectivity index (χ0n) is 17.9. The molecular formula is C23H22N6O2S. The summed E-state index contributed by atoms with van der Waals surface area (Å²) >= 11 is 1.46. The van der Waals surface area contributed by atoms with Crippen molar-refractivity contribution in [3.63, 3.8) is 0 Å². The summed E-state index contributed by atoms with van der Waals surface area (Å²) in [4.78, 5) is 30.6. The monoisotopic (exact) mass is 446 g/mol. The molecule has 32 heavy (non-hydrogen) atoms. The van der Waals surface area contributed by atoms with Crippen LogP contribution in [0, 0.1) is 0 Å². The minimum Gasteiger partial charge on any atom is -0.287 e. The summed E-state index contributed by atoms with van der Waals surface area (Å²) < 4.78 is 5.17. The van der Waals surface area contributed by atoms with Gasteiger partial charge in [0.05, 0.1) is 27.6 Å². The predicted octanol–water partition coefficient (Wildman–Crippen LogP) is 3.38. The van der Waals surface area contributed by atoms with Crippen LogP contribution in [0.5, 0.6) is 0 Å². The van der Waals surface area contributed by atoms with Crippen LogP contribution in [0.4, 0.5) is 0 Å². The van der Waals surface area contributed by atoms with Crippen LogP contribution in [0.3, 0.4) is 0 Å². The summed E-state index contributed by atoms with van der Waals surface area (Å²) in [6.07, 6.45) is 1.88. The number of benzene rings is 2. The first kappa shape index (κ1) is 20.4. The average Bonchev–Trinajstić information content (AvgIpc) is 3.25. The lowest BCUT2D eigenvalue weighted by Gasteiger charge is -2.13. The first-order valence-corrected chi connectivity index (χ1v) is 11.5. The number of aryl methyl sites for hydroxylation is 1. The van der Waals surface area contributed by atoms with Crippen molar-refractivity contribution in [3.05, 3.63) is 75.1 Å². The van der Waals surface area contributed by atoms with Crippen LogP contribution < -0.4 is 11.1 Å². The Morgan fingerprint density at radius 2 is 1.69 bits per heavy atom. The van der Waals surface area contributed by atoms with E-state index in [9.17, 15) is 9.59 Å². The van der Waals surface area contributed by atoms with E-state index in [0.29, 0.717) is 45.3 Å². The number of nitrogens with zero attached hydrogens (tertiary/aromatic N) is 6. The number of hydrogen-bond acceptors (Lipinski definition) is 6. The zero-order chi connectivity index (χ0) is 22.2. The van der Waals surface area contributed by atoms with E-state index >= 15 is 0 Å². The van der Waals surface area contributed by atoms with Gasteiger partial charge in [-0.1, -0.05) is 49.4 Å². The Morgan fingerprint density at radius 1 is 0.938 bits per heavy atom. The fourth-order valence-corrected chi connectivity index (χ4v) is 4.82. The third-order valence-electron chi connectivity index (χ3n) is 5.59. The van der Waals surface area contributed by atoms with Crippen LogP contribution in [0.1, 0.15) is 25.6 Å². The molecule has 0 aliphatic heterocycles. The highest BCUT2D eigenvalue weighted by Crippen LogP contribution is 2.23. The topological polar surface area (TPSA) is 87.1 Å². The van der Waals surface area contributed by atoms with Crippen molar-refractivity contribution < 1.29 is 0 Å². The second kappa shape index (κ2) is 8.23. The molecule has 0 unspecified atom stereocenters. The number of thioether (sulfide) groups is 1. The molecular weight excluding hydrogens is 424 g/mol. The number of unbranched alkanes of at least 4 members (excludes halogenated alkanes) is 1. The Balaban J connectivity index is 1.61. The van der Waals surface area contributed by atoms with Crippen LogP contribution in [0.25, 0.3) is 27.6 Å². The number of para-hydroxylation sites is 2. The summed E-state index contributed by atoms with van der Waals surface area (Å²) in [5, 5.41) is 10.5. The first-order chi connectivity index (χ1) is 15.6. The molecule has 0 bridgehead atoms. The van der Waals surface area contributed by atoms with Crippen molar-refractivity contribution in [1.29, 1.82) is 0 Å². The zero-order valence-corrected chi connectivity index (χ0v) is 18.7. The molecule has 0 saturated carbocycles. The van der Waals surface area contributed by atoms with E-state index in [0.717, 1.165) is 18.4 Å². The Morgan fingerprint density at radius 3 is 2.50 bits per heavy atom. The van der Waals surface area contributed by atoms with Crippen molar-refractivity contribution in [3.8, 4) is 0 Å². The van der Waals surface area contributed by atoms with Gasteiger partial charge in [-0.15, -0.1) is 10.2 Å². The van der Waals surface area contributed by atoms with Crippen molar-refractivity contribution in [2.75, 3.05) is 0 Å². The van der Waals surface area contributed by atoms with E-state index < -0.39 is 0 Å². The summed E-state index contributed by atoms with van der Waals surface area (Å²) in [6, 6.07) is 14.9. The maximum absolute atomic E-state index is 13.1. The fraction of sp³-hybridized carbons (Fsp3) is 0.261. The van der Waals surface area contributed by atoms with Gasteiger partial charge in [-0.05, 0) is 30.7 Å². The van der Waals surface area contributed by atoms with Crippen LogP contribution in [-0.4, -0.2) is 28.7 Å². The van der Waals surface area contributed by atoms with Crippen LogP contribution in [0.15, 0.2) is 63.3 Å². The first-order valence-electron chi connectivity index (χ1n) is 10.5. The summed E-state index contributed by atoms with van der Waals surface area (Å²) in [6.45, 7) is 2.72. The minimum absolute atomic E-state index is 0.0227. The molecule has 0 N–H and O–H groups in total. The lowest BCUT2D eigenvalue weighted by atomic mass is 10.2. The minimum atomic E-state index is -0.107. The molecule has 5 rings (SSSR count). The van der Waals surface area contributed by atoms with E-state index in [1.165, 1.54) is 16.3 Å². The van der Waals surface area contributed by atoms with Crippen molar-refractivity contribution in [1.82, 2.24) is 28.7 Å². The molecule has 0 aliphatic carbocycles. The van der Waals surface area contributed by atoms with E-state index in [1.54, 1.807) is 17.7 Å². The van der Waals surface area contributed by atoms with Gasteiger partial charge in [-0.25, -0.2) is 4.98 Å². The van der Waals surface area contributed by atoms with Crippen LogP contribution in [-0.2, 0) is 19.3 Å². The Hall–Kier alpha value is -3.46. The van der Waals surface area contributed by atoms with Gasteiger partial charge in [-0.2, -0.15) is 0 Å². The van der Waals surface area contributed by atoms with Gasteiger partial charge in [0, 0.05) is 13.6 Å². The number of aromatic nitrogens is 6. The molecule has 0 amide bonds. The Bertz CT molecular complexity index is 1580. The summed E-state index contributed by atoms with van der Waals surface area (Å²) in [5.74, 6) is 1.64. The second-order valence-electron chi connectivity index (χ2n) is 7.64. The highest BCUT2D eigenvalue weighted by atomic mass is 32.2. The number of rotatable bonds is 6. The lowest BCUT2D eigenvalue weighted by Crippen LogP contribution is -2.23. The SMILES string of the molecule is CCCCn1c(SCc2nnc3n(C)c(=O)c4ccccc4n23)nc2ccccc2c1=O. The maximum Gasteiger partial charge on any atom is 0.262 e. The summed E-state index contributed by atoms with van der Waals surface area (Å²) in [7, 11) is 1.70. The molecule has 2 aromatic carbocycles. The van der Waals surface area contributed by atoms with Crippen LogP contribution in [0.2, 0.25) is 0 Å². The number of hydrogen-bond donors (Lipinski definition) is 0. The number of fused-ring (bicyclic) bond motifs is 4. The Labute approximate surface area is 187 Å². The standard InChI is InChI=1S/C23H22N6O2S/c1-3-4-13-28-21(31)15-9-5-7-11-17(15)24-23(28)32-14-19-25-26-22-27(2)20(30)16-10-6-8-12-18(16)29(19)22/h5-12H,3-4,13-14H2,1-2H3. The molecule has 0 saturated heterocycles. The van der Waals surface area contributed by atoms with Crippen molar-refractivity contribution >= 4 is 39.3 Å². The van der Waals surface area contributed by atoms with Crippen molar-refractivity contribution in [2.24, 2.45) is 7.05 Å². The third kappa shape index (κ3) is 3.29. The third-order valence-corrected chi connectivity index (χ3v) is 6.56. The molecule has 162 valence electrons. The molecule has 0 atom stereocenters. The smallest absolute Gasteiger partial charge is 0.262 e. The highest BCUT2D eigenvalue weighted by Gasteiger charge is 2.17. The van der Waals surface area contributed by atoms with Gasteiger partial charge >= 0.3 is 0 Å². The molecule has 0 fully saturated rings. The normalized spacial score (nSPS) is 11.7. The summed E-state index contributed by atoms with van der Waals surface area (Å²) in [5.41, 5.74) is 1.32. The lowest BCUT2D eigenvalue weighted by molar-refractivity contribution is 0.557. The van der Waals surface area contributed by atoms with E-state index in [-0.39, 0.29) is 11.1 Å². The van der Waals surface area contributed by atoms with E-state index in [2.05, 4.69) is 17.1 Å². The second-order valence-corrected chi connectivity index (χ2v) is 8.59. The molecule has 0 radical (unpaired) electrons. The molecule has 0 aliphatic rings. The van der Waals surface area contributed by atoms with E-state index in [4.69, 9.17) is 4.98 Å².